The molecule has 11 rings (SSSR count). The van der Waals surface area contributed by atoms with Crippen molar-refractivity contribution in [1.29, 1.82) is 0 Å². The summed E-state index contributed by atoms with van der Waals surface area (Å²) in [6.07, 6.45) is 0. The molecule has 0 N–H and O–H groups in total. The second kappa shape index (κ2) is 9.49. The Balaban J connectivity index is 1.41. The molecule has 49 heavy (non-hydrogen) atoms. The van der Waals surface area contributed by atoms with Crippen LogP contribution < -0.4 is 0 Å². The number of benzene rings is 8. The number of fused-ring (bicyclic) bond motifs is 15. The molecule has 1 aliphatic rings. The van der Waals surface area contributed by atoms with Crippen LogP contribution in [0, 0.1) is 0 Å². The van der Waals surface area contributed by atoms with Crippen LogP contribution in [-0.2, 0) is 5.41 Å². The number of hydrogen-bond acceptors (Lipinski definition) is 0. The fourth-order valence-electron chi connectivity index (χ4n) is 9.15. The summed E-state index contributed by atoms with van der Waals surface area (Å²) in [5.41, 5.74) is 12.7. The van der Waals surface area contributed by atoms with Gasteiger partial charge < -0.3 is 9.13 Å². The van der Waals surface area contributed by atoms with Crippen LogP contribution in [0.1, 0.15) is 25.0 Å². The van der Waals surface area contributed by atoms with Crippen molar-refractivity contribution in [3.8, 4) is 22.5 Å². The predicted octanol–water partition coefficient (Wildman–Crippen LogP) is 12.5. The quantitative estimate of drug-likeness (QED) is 0.181. The van der Waals surface area contributed by atoms with Gasteiger partial charge >= 0.3 is 0 Å². The Morgan fingerprint density at radius 3 is 1.90 bits per heavy atom. The smallest absolute Gasteiger partial charge is 0.0648 e. The van der Waals surface area contributed by atoms with E-state index < -0.39 is 0 Å². The Kier molecular flexibility index (Phi) is 5.21. The number of aromatic nitrogens is 2. The van der Waals surface area contributed by atoms with Crippen molar-refractivity contribution < 1.29 is 0 Å². The molecule has 0 spiro atoms. The van der Waals surface area contributed by atoms with E-state index >= 15 is 0 Å². The van der Waals surface area contributed by atoms with Crippen LogP contribution >= 0.6 is 0 Å². The van der Waals surface area contributed by atoms with Crippen molar-refractivity contribution in [1.82, 2.24) is 9.13 Å². The topological polar surface area (TPSA) is 9.86 Å². The van der Waals surface area contributed by atoms with E-state index in [4.69, 9.17) is 0 Å². The Morgan fingerprint density at radius 2 is 1.04 bits per heavy atom. The maximum atomic E-state index is 2.58. The lowest BCUT2D eigenvalue weighted by molar-refractivity contribution is 0.660. The molecule has 0 unspecified atom stereocenters. The molecule has 0 saturated heterocycles. The van der Waals surface area contributed by atoms with Crippen molar-refractivity contribution in [3.05, 3.63) is 169 Å². The zero-order valence-electron chi connectivity index (χ0n) is 27.4. The van der Waals surface area contributed by atoms with Gasteiger partial charge in [-0.3, -0.25) is 0 Å². The largest absolute Gasteiger partial charge is 0.309 e. The summed E-state index contributed by atoms with van der Waals surface area (Å²) in [7, 11) is 0. The van der Waals surface area contributed by atoms with Crippen molar-refractivity contribution in [3.63, 3.8) is 0 Å². The lowest BCUT2D eigenvalue weighted by Gasteiger charge is -2.22. The van der Waals surface area contributed by atoms with Crippen LogP contribution in [0.15, 0.2) is 158 Å². The molecule has 2 aromatic heterocycles. The second-order valence-corrected chi connectivity index (χ2v) is 14.1. The van der Waals surface area contributed by atoms with E-state index in [9.17, 15) is 0 Å². The van der Waals surface area contributed by atoms with Gasteiger partial charge in [-0.15, -0.1) is 0 Å². The van der Waals surface area contributed by atoms with Crippen LogP contribution in [-0.4, -0.2) is 9.13 Å². The molecule has 0 fully saturated rings. The van der Waals surface area contributed by atoms with E-state index in [2.05, 4.69) is 181 Å². The first kappa shape index (κ1) is 26.9. The summed E-state index contributed by atoms with van der Waals surface area (Å²) < 4.78 is 5.06. The van der Waals surface area contributed by atoms with Gasteiger partial charge in [-0.1, -0.05) is 135 Å². The first-order chi connectivity index (χ1) is 24.1. The van der Waals surface area contributed by atoms with E-state index in [1.807, 2.05) is 0 Å². The molecule has 0 saturated carbocycles. The summed E-state index contributed by atoms with van der Waals surface area (Å²) in [4.78, 5) is 0. The number of rotatable bonds is 2. The number of para-hydroxylation sites is 2. The Morgan fingerprint density at radius 1 is 0.388 bits per heavy atom. The SMILES string of the molecule is CC1(C)c2ccccc2-c2ccc(-n3c4ccc5ccccc5c4c4c5ccccc5c5c(c6ccccc6n5-c5ccccc5)c43)cc21. The van der Waals surface area contributed by atoms with Gasteiger partial charge in [-0.2, -0.15) is 0 Å². The van der Waals surface area contributed by atoms with Gasteiger partial charge in [0.2, 0.25) is 0 Å². The van der Waals surface area contributed by atoms with Crippen molar-refractivity contribution in [2.75, 3.05) is 0 Å². The number of nitrogens with zero attached hydrogens (tertiary/aromatic N) is 2. The molecule has 2 nitrogen and oxygen atoms in total. The molecule has 0 amide bonds. The Hall–Kier alpha value is -6.12. The average molecular weight is 625 g/mol. The molecular weight excluding hydrogens is 593 g/mol. The summed E-state index contributed by atoms with van der Waals surface area (Å²) in [5.74, 6) is 0. The highest BCUT2D eigenvalue weighted by atomic mass is 15.0. The van der Waals surface area contributed by atoms with E-state index in [1.54, 1.807) is 0 Å². The summed E-state index contributed by atoms with van der Waals surface area (Å²) in [5, 5.41) is 10.3. The highest BCUT2D eigenvalue weighted by molar-refractivity contribution is 6.39. The average Bonchev–Trinajstić information content (AvgIpc) is 3.76. The van der Waals surface area contributed by atoms with Crippen LogP contribution in [0.25, 0.3) is 87.7 Å². The maximum absolute atomic E-state index is 2.58. The second-order valence-electron chi connectivity index (χ2n) is 14.1. The molecule has 0 aliphatic heterocycles. The van der Waals surface area contributed by atoms with Gasteiger partial charge in [0.25, 0.3) is 0 Å². The third kappa shape index (κ3) is 3.40. The standard InChI is InChI=1S/C47H32N2/c1-47(2)38-22-12-10-18-33(38)34-26-25-31(28-39(34)47)49-41-27-24-29-14-6-7-17-32(29)42(41)43-35-19-8-9-20-36(35)45-44(46(43)49)37-21-11-13-23-40(37)48(45)30-15-4-3-5-16-30/h3-28H,1-2H3. The first-order valence-corrected chi connectivity index (χ1v) is 17.2. The molecule has 0 radical (unpaired) electrons. The molecule has 8 aromatic carbocycles. The minimum atomic E-state index is -0.0985. The highest BCUT2D eigenvalue weighted by Crippen LogP contribution is 2.51. The lowest BCUT2D eigenvalue weighted by Crippen LogP contribution is -2.15. The summed E-state index contributed by atoms with van der Waals surface area (Å²) in [6.45, 7) is 4.75. The molecule has 2 heterocycles. The van der Waals surface area contributed by atoms with Gasteiger partial charge in [-0.25, -0.2) is 0 Å². The Bertz CT molecular complexity index is 3010. The third-order valence-electron chi connectivity index (χ3n) is 11.3. The fourth-order valence-corrected chi connectivity index (χ4v) is 9.15. The van der Waals surface area contributed by atoms with E-state index in [0.29, 0.717) is 0 Å². The Labute approximate surface area is 284 Å². The third-order valence-corrected chi connectivity index (χ3v) is 11.3. The van der Waals surface area contributed by atoms with Crippen LogP contribution in [0.4, 0.5) is 0 Å². The monoisotopic (exact) mass is 624 g/mol. The molecule has 2 heteroatoms. The first-order valence-electron chi connectivity index (χ1n) is 17.2. The molecule has 10 aromatic rings. The summed E-state index contributed by atoms with van der Waals surface area (Å²) in [6, 6.07) is 58.5. The lowest BCUT2D eigenvalue weighted by atomic mass is 9.82. The van der Waals surface area contributed by atoms with Crippen molar-refractivity contribution in [2.24, 2.45) is 0 Å². The molecule has 0 bridgehead atoms. The van der Waals surface area contributed by atoms with Crippen molar-refractivity contribution in [2.45, 2.75) is 19.3 Å². The van der Waals surface area contributed by atoms with Gasteiger partial charge in [-0.05, 0) is 74.8 Å². The maximum Gasteiger partial charge on any atom is 0.0648 e. The molecule has 0 atom stereocenters. The van der Waals surface area contributed by atoms with Gasteiger partial charge in [0, 0.05) is 43.7 Å². The van der Waals surface area contributed by atoms with Gasteiger partial charge in [0.15, 0.2) is 0 Å². The highest BCUT2D eigenvalue weighted by Gasteiger charge is 2.36. The van der Waals surface area contributed by atoms with E-state index in [-0.39, 0.29) is 5.41 Å². The fraction of sp³-hybridized carbons (Fsp3) is 0.0638. The van der Waals surface area contributed by atoms with Crippen molar-refractivity contribution >= 4 is 65.2 Å². The van der Waals surface area contributed by atoms with Crippen LogP contribution in [0.5, 0.6) is 0 Å². The van der Waals surface area contributed by atoms with Gasteiger partial charge in [0.1, 0.15) is 0 Å². The number of hydrogen-bond donors (Lipinski definition) is 0. The summed E-state index contributed by atoms with van der Waals surface area (Å²) >= 11 is 0. The van der Waals surface area contributed by atoms with Crippen LogP contribution in [0.2, 0.25) is 0 Å². The van der Waals surface area contributed by atoms with E-state index in [0.717, 1.165) is 0 Å². The molecule has 230 valence electrons. The minimum Gasteiger partial charge on any atom is -0.309 e. The zero-order valence-corrected chi connectivity index (χ0v) is 27.4. The van der Waals surface area contributed by atoms with Gasteiger partial charge in [0.05, 0.1) is 22.1 Å². The minimum absolute atomic E-state index is 0.0985. The molecule has 1 aliphatic carbocycles. The normalized spacial score (nSPS) is 13.7. The van der Waals surface area contributed by atoms with E-state index in [1.165, 1.54) is 98.8 Å². The van der Waals surface area contributed by atoms with Crippen LogP contribution in [0.3, 0.4) is 0 Å². The zero-order chi connectivity index (χ0) is 32.4. The predicted molar refractivity (Wildman–Crippen MR) is 208 cm³/mol. The molecular formula is C47H32N2.